The molecule has 0 aliphatic carbocycles. The van der Waals surface area contributed by atoms with Crippen LogP contribution in [0.3, 0.4) is 0 Å². The lowest BCUT2D eigenvalue weighted by Gasteiger charge is -2.01. The molecule has 0 radical (unpaired) electrons. The van der Waals surface area contributed by atoms with E-state index in [1.807, 2.05) is 12.3 Å². The summed E-state index contributed by atoms with van der Waals surface area (Å²) in [6, 6.07) is 1.63. The van der Waals surface area contributed by atoms with Crippen molar-refractivity contribution in [3.63, 3.8) is 0 Å². The molecule has 0 atom stereocenters. The molecule has 2 rings (SSSR count). The van der Waals surface area contributed by atoms with E-state index in [2.05, 4.69) is 26.2 Å². The van der Waals surface area contributed by atoms with Crippen molar-refractivity contribution in [1.29, 1.82) is 0 Å². The fourth-order valence-corrected chi connectivity index (χ4v) is 2.55. The van der Waals surface area contributed by atoms with E-state index in [1.54, 1.807) is 17.4 Å². The first-order valence-corrected chi connectivity index (χ1v) is 6.76. The van der Waals surface area contributed by atoms with Crippen molar-refractivity contribution in [2.24, 2.45) is 0 Å². The second kappa shape index (κ2) is 5.46. The van der Waals surface area contributed by atoms with E-state index in [4.69, 9.17) is 4.42 Å². The third kappa shape index (κ3) is 3.17. The van der Waals surface area contributed by atoms with Gasteiger partial charge in [-0.3, -0.25) is 4.79 Å². The van der Waals surface area contributed by atoms with Crippen LogP contribution >= 0.6 is 27.3 Å². The molecular formula is C11H11BrN2O2S. The van der Waals surface area contributed by atoms with Crippen LogP contribution in [-0.2, 0) is 6.42 Å². The molecule has 0 saturated heterocycles. The number of thiazole rings is 1. The van der Waals surface area contributed by atoms with Crippen molar-refractivity contribution in [3.8, 4) is 0 Å². The zero-order valence-corrected chi connectivity index (χ0v) is 11.6. The van der Waals surface area contributed by atoms with Crippen molar-refractivity contribution in [2.75, 3.05) is 6.54 Å². The van der Waals surface area contributed by atoms with E-state index in [0.717, 1.165) is 17.1 Å². The molecule has 0 saturated carbocycles. The van der Waals surface area contributed by atoms with Gasteiger partial charge in [-0.25, -0.2) is 4.98 Å². The van der Waals surface area contributed by atoms with Crippen molar-refractivity contribution < 1.29 is 9.21 Å². The number of carbonyl (C=O) groups is 1. The minimum atomic E-state index is -0.140. The number of furan rings is 1. The molecule has 0 aromatic carbocycles. The van der Waals surface area contributed by atoms with Gasteiger partial charge in [-0.2, -0.15) is 0 Å². The number of aryl methyl sites for hydroxylation is 1. The van der Waals surface area contributed by atoms with Crippen LogP contribution in [-0.4, -0.2) is 17.4 Å². The van der Waals surface area contributed by atoms with Crippen molar-refractivity contribution in [1.82, 2.24) is 10.3 Å². The summed E-state index contributed by atoms with van der Waals surface area (Å²) in [7, 11) is 0. The van der Waals surface area contributed by atoms with Crippen molar-refractivity contribution in [3.05, 3.63) is 38.6 Å². The third-order valence-corrected chi connectivity index (χ3v) is 3.79. The number of aromatic nitrogens is 1. The smallest absolute Gasteiger partial charge is 0.255 e. The summed E-state index contributed by atoms with van der Waals surface area (Å²) in [5, 5.41) is 5.86. The fraction of sp³-hybridized carbons (Fsp3) is 0.273. The Balaban J connectivity index is 1.83. The molecule has 2 aromatic heterocycles. The molecule has 0 aliphatic rings. The second-order valence-electron chi connectivity index (χ2n) is 3.50. The quantitative estimate of drug-likeness (QED) is 0.944. The van der Waals surface area contributed by atoms with E-state index < -0.39 is 0 Å². The molecule has 90 valence electrons. The number of hydrogen-bond acceptors (Lipinski definition) is 4. The van der Waals surface area contributed by atoms with Gasteiger partial charge in [0.05, 0.1) is 16.8 Å². The van der Waals surface area contributed by atoms with Crippen LogP contribution in [0.5, 0.6) is 0 Å². The molecule has 2 heterocycles. The SMILES string of the molecule is Cc1csc(CCNC(=O)c2ccoc2Br)n1. The zero-order chi connectivity index (χ0) is 12.3. The highest BCUT2D eigenvalue weighted by molar-refractivity contribution is 9.10. The molecule has 0 unspecified atom stereocenters. The summed E-state index contributed by atoms with van der Waals surface area (Å²) in [6.45, 7) is 2.53. The maximum atomic E-state index is 11.7. The maximum Gasteiger partial charge on any atom is 0.255 e. The van der Waals surface area contributed by atoms with Crippen LogP contribution in [0, 0.1) is 6.92 Å². The number of hydrogen-bond donors (Lipinski definition) is 1. The van der Waals surface area contributed by atoms with E-state index >= 15 is 0 Å². The van der Waals surface area contributed by atoms with Gasteiger partial charge in [0.15, 0.2) is 4.67 Å². The molecule has 0 aliphatic heterocycles. The zero-order valence-electron chi connectivity index (χ0n) is 9.20. The van der Waals surface area contributed by atoms with Gasteiger partial charge in [-0.1, -0.05) is 0 Å². The Hall–Kier alpha value is -1.14. The predicted molar refractivity (Wildman–Crippen MR) is 69.3 cm³/mol. The number of amides is 1. The van der Waals surface area contributed by atoms with Crippen LogP contribution in [0.2, 0.25) is 0 Å². The highest BCUT2D eigenvalue weighted by Gasteiger charge is 2.11. The van der Waals surface area contributed by atoms with Crippen LogP contribution in [0.25, 0.3) is 0 Å². The summed E-state index contributed by atoms with van der Waals surface area (Å²) in [4.78, 5) is 16.0. The fourth-order valence-electron chi connectivity index (χ4n) is 1.35. The van der Waals surface area contributed by atoms with Crippen molar-refractivity contribution in [2.45, 2.75) is 13.3 Å². The minimum absolute atomic E-state index is 0.140. The summed E-state index contributed by atoms with van der Waals surface area (Å²) in [5.41, 5.74) is 1.54. The lowest BCUT2D eigenvalue weighted by atomic mass is 10.3. The number of halogens is 1. The van der Waals surface area contributed by atoms with Crippen LogP contribution in [0.15, 0.2) is 26.8 Å². The molecule has 1 amide bonds. The molecule has 0 fully saturated rings. The van der Waals surface area contributed by atoms with E-state index in [0.29, 0.717) is 16.8 Å². The third-order valence-electron chi connectivity index (χ3n) is 2.15. The molecule has 6 heteroatoms. The predicted octanol–water partition coefficient (Wildman–Crippen LogP) is 2.78. The molecule has 0 bridgehead atoms. The van der Waals surface area contributed by atoms with Gasteiger partial charge in [0.2, 0.25) is 0 Å². The molecule has 17 heavy (non-hydrogen) atoms. The number of nitrogens with zero attached hydrogens (tertiary/aromatic N) is 1. The average Bonchev–Trinajstić information content (AvgIpc) is 2.87. The van der Waals surface area contributed by atoms with Gasteiger partial charge in [-0.15, -0.1) is 11.3 Å². The van der Waals surface area contributed by atoms with Crippen LogP contribution in [0.4, 0.5) is 0 Å². The molecule has 2 aromatic rings. The topological polar surface area (TPSA) is 55.1 Å². The molecular weight excluding hydrogens is 304 g/mol. The maximum absolute atomic E-state index is 11.7. The van der Waals surface area contributed by atoms with Gasteiger partial charge >= 0.3 is 0 Å². The van der Waals surface area contributed by atoms with Crippen LogP contribution in [0.1, 0.15) is 21.1 Å². The lowest BCUT2D eigenvalue weighted by molar-refractivity contribution is 0.0952. The Morgan fingerprint density at radius 3 is 3.06 bits per heavy atom. The Bertz CT molecular complexity index is 521. The summed E-state index contributed by atoms with van der Waals surface area (Å²) >= 11 is 4.78. The lowest BCUT2D eigenvalue weighted by Crippen LogP contribution is -2.25. The van der Waals surface area contributed by atoms with Gasteiger partial charge in [0, 0.05) is 24.0 Å². The van der Waals surface area contributed by atoms with E-state index in [1.165, 1.54) is 6.26 Å². The largest absolute Gasteiger partial charge is 0.457 e. The van der Waals surface area contributed by atoms with Gasteiger partial charge < -0.3 is 9.73 Å². The second-order valence-corrected chi connectivity index (χ2v) is 5.16. The monoisotopic (exact) mass is 314 g/mol. The number of rotatable bonds is 4. The average molecular weight is 315 g/mol. The minimum Gasteiger partial charge on any atom is -0.457 e. The number of nitrogens with one attached hydrogen (secondary N) is 1. The Morgan fingerprint density at radius 1 is 1.65 bits per heavy atom. The molecule has 1 N–H and O–H groups in total. The van der Waals surface area contributed by atoms with Gasteiger partial charge in [0.1, 0.15) is 0 Å². The normalized spacial score (nSPS) is 10.5. The number of carbonyl (C=O) groups excluding carboxylic acids is 1. The first kappa shape index (κ1) is 12.3. The van der Waals surface area contributed by atoms with Crippen molar-refractivity contribution >= 4 is 33.2 Å². The first-order valence-electron chi connectivity index (χ1n) is 5.09. The van der Waals surface area contributed by atoms with Gasteiger partial charge in [0.25, 0.3) is 5.91 Å². The highest BCUT2D eigenvalue weighted by Crippen LogP contribution is 2.17. The Morgan fingerprint density at radius 2 is 2.47 bits per heavy atom. The highest BCUT2D eigenvalue weighted by atomic mass is 79.9. The Labute approximate surface area is 111 Å². The summed E-state index contributed by atoms with van der Waals surface area (Å²) < 4.78 is 5.46. The standard InChI is InChI=1S/C11H11BrN2O2S/c1-7-6-17-9(14-7)2-4-13-11(15)8-3-5-16-10(8)12/h3,5-6H,2,4H2,1H3,(H,13,15). The first-order chi connectivity index (χ1) is 8.16. The van der Waals surface area contributed by atoms with Gasteiger partial charge in [-0.05, 0) is 28.9 Å². The Kier molecular flexibility index (Phi) is 3.96. The van der Waals surface area contributed by atoms with E-state index in [9.17, 15) is 4.79 Å². The molecule has 0 spiro atoms. The van der Waals surface area contributed by atoms with E-state index in [-0.39, 0.29) is 5.91 Å². The summed E-state index contributed by atoms with van der Waals surface area (Å²) in [5.74, 6) is -0.140. The summed E-state index contributed by atoms with van der Waals surface area (Å²) in [6.07, 6.45) is 2.23. The van der Waals surface area contributed by atoms with Crippen LogP contribution < -0.4 is 5.32 Å². The molecule has 4 nitrogen and oxygen atoms in total.